The van der Waals surface area contributed by atoms with Gasteiger partial charge in [-0.15, -0.1) is 0 Å². The van der Waals surface area contributed by atoms with E-state index in [1.807, 2.05) is 13.8 Å². The van der Waals surface area contributed by atoms with Crippen LogP contribution >= 0.6 is 0 Å². The highest BCUT2D eigenvalue weighted by atomic mass is 16.5. The second-order valence-corrected chi connectivity index (χ2v) is 1.93. The fraction of sp³-hybridized carbons (Fsp3) is 0.857. The van der Waals surface area contributed by atoms with Crippen LogP contribution in [0.2, 0.25) is 0 Å². The smallest absolute Gasteiger partial charge is 0.158 e. The Morgan fingerprint density at radius 2 is 2.11 bits per heavy atom. The summed E-state index contributed by atoms with van der Waals surface area (Å²) in [6.07, 6.45) is 1.58. The summed E-state index contributed by atoms with van der Waals surface area (Å²) in [5.41, 5.74) is 0. The highest BCUT2D eigenvalue weighted by molar-refractivity contribution is 5.79. The first-order valence-corrected chi connectivity index (χ1v) is 3.40. The summed E-state index contributed by atoms with van der Waals surface area (Å²) in [5.74, 6) is 0.208. The molecule has 0 aromatic carbocycles. The maximum absolute atomic E-state index is 10.7. The minimum Gasteiger partial charge on any atom is -0.374 e. The minimum atomic E-state index is 0.208. The molecule has 0 aliphatic rings. The molecule has 0 aromatic heterocycles. The van der Waals surface area contributed by atoms with Crippen molar-refractivity contribution in [2.75, 3.05) is 13.2 Å². The van der Waals surface area contributed by atoms with Gasteiger partial charge >= 0.3 is 0 Å². The van der Waals surface area contributed by atoms with Crippen molar-refractivity contribution in [1.29, 1.82) is 0 Å². The van der Waals surface area contributed by atoms with Crippen molar-refractivity contribution in [3.8, 4) is 0 Å². The Kier molecular flexibility index (Phi) is 5.52. The van der Waals surface area contributed by atoms with Gasteiger partial charge in [-0.2, -0.15) is 0 Å². The van der Waals surface area contributed by atoms with Gasteiger partial charge in [0.25, 0.3) is 0 Å². The van der Waals surface area contributed by atoms with E-state index in [2.05, 4.69) is 0 Å². The molecule has 0 unspecified atom stereocenters. The molecule has 0 saturated heterocycles. The third-order valence-corrected chi connectivity index (χ3v) is 0.996. The second-order valence-electron chi connectivity index (χ2n) is 1.93. The first kappa shape index (κ1) is 8.63. The van der Waals surface area contributed by atoms with Gasteiger partial charge in [0.1, 0.15) is 6.61 Å². The molecule has 0 aliphatic carbocycles. The summed E-state index contributed by atoms with van der Waals surface area (Å²) < 4.78 is 4.90. The van der Waals surface area contributed by atoms with E-state index in [-0.39, 0.29) is 5.78 Å². The lowest BCUT2D eigenvalue weighted by Crippen LogP contribution is -2.07. The molecule has 0 radical (unpaired) electrons. The van der Waals surface area contributed by atoms with Crippen LogP contribution in [0.1, 0.15) is 26.7 Å². The van der Waals surface area contributed by atoms with Gasteiger partial charge in [-0.1, -0.05) is 6.92 Å². The number of ketones is 1. The average molecular weight is 130 g/mol. The monoisotopic (exact) mass is 130 g/mol. The maximum Gasteiger partial charge on any atom is 0.158 e. The van der Waals surface area contributed by atoms with Crippen LogP contribution in [0, 0.1) is 0 Å². The van der Waals surface area contributed by atoms with Gasteiger partial charge in [-0.25, -0.2) is 0 Å². The van der Waals surface area contributed by atoms with E-state index >= 15 is 0 Å². The molecule has 0 bridgehead atoms. The van der Waals surface area contributed by atoms with Crippen molar-refractivity contribution in [3.63, 3.8) is 0 Å². The Bertz CT molecular complexity index is 79.0. The zero-order valence-corrected chi connectivity index (χ0v) is 6.14. The van der Waals surface area contributed by atoms with Crippen LogP contribution < -0.4 is 0 Å². The molecule has 0 amide bonds. The predicted molar refractivity (Wildman–Crippen MR) is 36.4 cm³/mol. The number of hydrogen-bond donors (Lipinski definition) is 0. The van der Waals surface area contributed by atoms with Gasteiger partial charge in [-0.05, 0) is 13.3 Å². The van der Waals surface area contributed by atoms with Crippen molar-refractivity contribution in [1.82, 2.24) is 0 Å². The van der Waals surface area contributed by atoms with Gasteiger partial charge in [0.2, 0.25) is 0 Å². The van der Waals surface area contributed by atoms with E-state index in [0.717, 1.165) is 6.42 Å². The lowest BCUT2D eigenvalue weighted by Gasteiger charge is -1.96. The Morgan fingerprint density at radius 1 is 1.44 bits per heavy atom. The standard InChI is InChI=1S/C7H14O2/c1-3-5-7(8)6-9-4-2/h3-6H2,1-2H3. The Hall–Kier alpha value is -0.370. The SMILES string of the molecule is CCCC(=O)COCC. The molecule has 0 rings (SSSR count). The van der Waals surface area contributed by atoms with Crippen molar-refractivity contribution >= 4 is 5.78 Å². The lowest BCUT2D eigenvalue weighted by atomic mass is 10.2. The van der Waals surface area contributed by atoms with E-state index in [1.54, 1.807) is 0 Å². The highest BCUT2D eigenvalue weighted by Gasteiger charge is 1.96. The number of carbonyl (C=O) groups excluding carboxylic acids is 1. The van der Waals surface area contributed by atoms with Crippen molar-refractivity contribution in [2.45, 2.75) is 26.7 Å². The largest absolute Gasteiger partial charge is 0.374 e. The summed E-state index contributed by atoms with van der Waals surface area (Å²) in [6.45, 7) is 4.81. The Morgan fingerprint density at radius 3 is 2.56 bits per heavy atom. The van der Waals surface area contributed by atoms with Crippen molar-refractivity contribution in [2.24, 2.45) is 0 Å². The van der Waals surface area contributed by atoms with Gasteiger partial charge in [0.15, 0.2) is 5.78 Å². The second kappa shape index (κ2) is 5.76. The highest BCUT2D eigenvalue weighted by Crippen LogP contribution is 1.88. The molecule has 0 saturated carbocycles. The third-order valence-electron chi connectivity index (χ3n) is 0.996. The predicted octanol–water partition coefficient (Wildman–Crippen LogP) is 1.39. The van der Waals surface area contributed by atoms with Crippen molar-refractivity contribution < 1.29 is 9.53 Å². The maximum atomic E-state index is 10.7. The molecule has 0 aromatic rings. The fourth-order valence-electron chi connectivity index (χ4n) is 0.567. The summed E-state index contributed by atoms with van der Waals surface area (Å²) in [5, 5.41) is 0. The molecule has 2 heteroatoms. The van der Waals surface area contributed by atoms with E-state index < -0.39 is 0 Å². The molecule has 9 heavy (non-hydrogen) atoms. The molecular formula is C7H14O2. The molecular weight excluding hydrogens is 116 g/mol. The average Bonchev–Trinajstić information content (AvgIpc) is 1.85. The van der Waals surface area contributed by atoms with Gasteiger partial charge in [0.05, 0.1) is 0 Å². The molecule has 0 aliphatic heterocycles. The first-order chi connectivity index (χ1) is 4.31. The summed E-state index contributed by atoms with van der Waals surface area (Å²) in [7, 11) is 0. The fourth-order valence-corrected chi connectivity index (χ4v) is 0.567. The minimum absolute atomic E-state index is 0.208. The zero-order valence-electron chi connectivity index (χ0n) is 6.14. The molecule has 2 nitrogen and oxygen atoms in total. The van der Waals surface area contributed by atoms with E-state index in [4.69, 9.17) is 4.74 Å². The van der Waals surface area contributed by atoms with Crippen LogP contribution in [0.25, 0.3) is 0 Å². The quantitative estimate of drug-likeness (QED) is 0.562. The zero-order chi connectivity index (χ0) is 7.11. The summed E-state index contributed by atoms with van der Waals surface area (Å²) in [4.78, 5) is 10.7. The van der Waals surface area contributed by atoms with Crippen LogP contribution in [0.3, 0.4) is 0 Å². The summed E-state index contributed by atoms with van der Waals surface area (Å²) in [6, 6.07) is 0. The molecule has 0 fully saturated rings. The first-order valence-electron chi connectivity index (χ1n) is 3.40. The van der Waals surface area contributed by atoms with E-state index in [9.17, 15) is 4.79 Å². The molecule has 54 valence electrons. The Balaban J connectivity index is 3.06. The summed E-state index contributed by atoms with van der Waals surface area (Å²) >= 11 is 0. The van der Waals surface area contributed by atoms with Crippen LogP contribution in [-0.4, -0.2) is 19.0 Å². The van der Waals surface area contributed by atoms with Crippen LogP contribution in [0.4, 0.5) is 0 Å². The number of Topliss-reactive ketones (excluding diaryl/α,β-unsaturated/α-hetero) is 1. The number of ether oxygens (including phenoxy) is 1. The van der Waals surface area contributed by atoms with E-state index in [0.29, 0.717) is 19.6 Å². The van der Waals surface area contributed by atoms with Crippen LogP contribution in [0.5, 0.6) is 0 Å². The number of rotatable bonds is 5. The molecule has 0 heterocycles. The normalized spacial score (nSPS) is 9.56. The van der Waals surface area contributed by atoms with Gasteiger partial charge in [0, 0.05) is 13.0 Å². The van der Waals surface area contributed by atoms with Gasteiger partial charge < -0.3 is 4.74 Å². The lowest BCUT2D eigenvalue weighted by molar-refractivity contribution is -0.123. The molecule has 0 spiro atoms. The third kappa shape index (κ3) is 5.50. The number of hydrogen-bond acceptors (Lipinski definition) is 2. The molecule has 0 N–H and O–H groups in total. The van der Waals surface area contributed by atoms with E-state index in [1.165, 1.54) is 0 Å². The van der Waals surface area contributed by atoms with Gasteiger partial charge in [-0.3, -0.25) is 4.79 Å². The van der Waals surface area contributed by atoms with Crippen LogP contribution in [0.15, 0.2) is 0 Å². The van der Waals surface area contributed by atoms with Crippen molar-refractivity contribution in [3.05, 3.63) is 0 Å². The topological polar surface area (TPSA) is 26.3 Å². The Labute approximate surface area is 56.2 Å². The van der Waals surface area contributed by atoms with Crippen LogP contribution in [-0.2, 0) is 9.53 Å². The number of carbonyl (C=O) groups is 1. The molecule has 0 atom stereocenters.